The van der Waals surface area contributed by atoms with E-state index in [0.29, 0.717) is 43.9 Å². The monoisotopic (exact) mass is 294 g/mol. The number of hydrogen-bond donors (Lipinski definition) is 2. The molecule has 0 aliphatic carbocycles. The van der Waals surface area contributed by atoms with Crippen molar-refractivity contribution in [1.82, 2.24) is 20.3 Å². The normalized spacial score (nSPS) is 28.8. The Morgan fingerprint density at radius 2 is 2.05 bits per heavy atom. The van der Waals surface area contributed by atoms with E-state index in [4.69, 9.17) is 4.74 Å². The first-order valence-electron chi connectivity index (χ1n) is 7.44. The minimum Gasteiger partial charge on any atom is -0.390 e. The first-order chi connectivity index (χ1) is 9.91. The summed E-state index contributed by atoms with van der Waals surface area (Å²) in [5.41, 5.74) is 0.0736. The Balaban J connectivity index is 1.65. The lowest BCUT2D eigenvalue weighted by atomic mass is 9.78. The zero-order chi connectivity index (χ0) is 15.1. The van der Waals surface area contributed by atoms with Gasteiger partial charge in [-0.2, -0.15) is 15.4 Å². The molecule has 21 heavy (non-hydrogen) atoms. The summed E-state index contributed by atoms with van der Waals surface area (Å²) in [5, 5.41) is 20.6. The number of ether oxygens (including phenoxy) is 1. The van der Waals surface area contributed by atoms with Gasteiger partial charge in [0, 0.05) is 19.5 Å². The molecule has 1 amide bonds. The van der Waals surface area contributed by atoms with Crippen LogP contribution >= 0.6 is 0 Å². The topological polar surface area (TPSA) is 91.3 Å². The third kappa shape index (κ3) is 2.80. The fraction of sp³-hybridized carbons (Fsp3) is 0.786. The molecule has 116 valence electrons. The molecule has 7 nitrogen and oxygen atoms in total. The lowest BCUT2D eigenvalue weighted by molar-refractivity contribution is -0.170. The highest BCUT2D eigenvalue weighted by Gasteiger charge is 2.45. The zero-order valence-corrected chi connectivity index (χ0v) is 12.6. The Kier molecular flexibility index (Phi) is 3.49. The highest BCUT2D eigenvalue weighted by Crippen LogP contribution is 2.39. The standard InChI is InChI=1S/C14H22N4O3/c1-10-11(16-17-15-10)12(19)18-6-3-14(4-7-18)9-13(2,20)5-8-21-14/h20H,3-9H2,1-2H3,(H,15,16,17). The lowest BCUT2D eigenvalue weighted by Crippen LogP contribution is -2.54. The molecule has 0 aromatic carbocycles. The van der Waals surface area contributed by atoms with Gasteiger partial charge in [-0.25, -0.2) is 0 Å². The van der Waals surface area contributed by atoms with Gasteiger partial charge in [0.25, 0.3) is 5.91 Å². The molecule has 1 unspecified atom stereocenters. The summed E-state index contributed by atoms with van der Waals surface area (Å²) in [6, 6.07) is 0. The number of nitrogens with one attached hydrogen (secondary N) is 1. The second-order valence-corrected chi connectivity index (χ2v) is 6.51. The fourth-order valence-corrected chi connectivity index (χ4v) is 3.40. The molecule has 0 bridgehead atoms. The molecular formula is C14H22N4O3. The van der Waals surface area contributed by atoms with E-state index in [9.17, 15) is 9.90 Å². The maximum Gasteiger partial charge on any atom is 0.276 e. The third-order valence-corrected chi connectivity index (χ3v) is 4.64. The van der Waals surface area contributed by atoms with Gasteiger partial charge in [0.05, 0.1) is 23.5 Å². The van der Waals surface area contributed by atoms with Crippen molar-refractivity contribution in [1.29, 1.82) is 0 Å². The quantitative estimate of drug-likeness (QED) is 0.793. The van der Waals surface area contributed by atoms with Gasteiger partial charge in [0.1, 0.15) is 0 Å². The summed E-state index contributed by atoms with van der Waals surface area (Å²) in [4.78, 5) is 14.2. The van der Waals surface area contributed by atoms with E-state index in [1.165, 1.54) is 0 Å². The van der Waals surface area contributed by atoms with Gasteiger partial charge >= 0.3 is 0 Å². The Labute approximate surface area is 123 Å². The predicted molar refractivity (Wildman–Crippen MR) is 74.8 cm³/mol. The molecule has 1 atom stereocenters. The Morgan fingerprint density at radius 3 is 2.62 bits per heavy atom. The number of aromatic nitrogens is 3. The van der Waals surface area contributed by atoms with Crippen LogP contribution in [0.1, 0.15) is 48.8 Å². The number of carbonyl (C=O) groups excluding carboxylic acids is 1. The molecule has 1 aromatic rings. The molecule has 1 aromatic heterocycles. The van der Waals surface area contributed by atoms with Crippen molar-refractivity contribution in [3.05, 3.63) is 11.4 Å². The summed E-state index contributed by atoms with van der Waals surface area (Å²) in [6.07, 6.45) is 2.83. The highest BCUT2D eigenvalue weighted by molar-refractivity contribution is 5.93. The summed E-state index contributed by atoms with van der Waals surface area (Å²) in [5.74, 6) is -0.0846. The van der Waals surface area contributed by atoms with Crippen molar-refractivity contribution in [2.75, 3.05) is 19.7 Å². The van der Waals surface area contributed by atoms with Crippen LogP contribution in [0.25, 0.3) is 0 Å². The smallest absolute Gasteiger partial charge is 0.276 e. The maximum absolute atomic E-state index is 12.4. The number of H-pyrrole nitrogens is 1. The van der Waals surface area contributed by atoms with Crippen molar-refractivity contribution >= 4 is 5.91 Å². The van der Waals surface area contributed by atoms with E-state index < -0.39 is 5.60 Å². The van der Waals surface area contributed by atoms with E-state index in [1.807, 2.05) is 6.92 Å². The van der Waals surface area contributed by atoms with Crippen molar-refractivity contribution < 1.29 is 14.6 Å². The molecule has 3 heterocycles. The number of rotatable bonds is 1. The fourth-order valence-electron chi connectivity index (χ4n) is 3.40. The summed E-state index contributed by atoms with van der Waals surface area (Å²) >= 11 is 0. The molecule has 3 rings (SSSR count). The van der Waals surface area contributed by atoms with Gasteiger partial charge in [-0.1, -0.05) is 0 Å². The number of aromatic amines is 1. The lowest BCUT2D eigenvalue weighted by Gasteiger charge is -2.48. The largest absolute Gasteiger partial charge is 0.390 e. The first kappa shape index (κ1) is 14.5. The summed E-state index contributed by atoms with van der Waals surface area (Å²) in [7, 11) is 0. The number of amides is 1. The first-order valence-corrected chi connectivity index (χ1v) is 7.44. The zero-order valence-electron chi connectivity index (χ0n) is 12.6. The SMILES string of the molecule is Cc1n[nH]nc1C(=O)N1CCC2(CC1)CC(C)(O)CCO2. The van der Waals surface area contributed by atoms with Gasteiger partial charge in [-0.05, 0) is 33.1 Å². The molecule has 1 spiro atoms. The van der Waals surface area contributed by atoms with Gasteiger partial charge in [-0.15, -0.1) is 0 Å². The third-order valence-electron chi connectivity index (χ3n) is 4.64. The van der Waals surface area contributed by atoms with Crippen LogP contribution in [0.4, 0.5) is 0 Å². The van der Waals surface area contributed by atoms with Crippen LogP contribution in [-0.4, -0.2) is 62.2 Å². The molecule has 2 aliphatic heterocycles. The number of nitrogens with zero attached hydrogens (tertiary/aromatic N) is 3. The van der Waals surface area contributed by atoms with Crippen LogP contribution in [0.3, 0.4) is 0 Å². The molecule has 2 fully saturated rings. The van der Waals surface area contributed by atoms with Crippen molar-refractivity contribution in [2.24, 2.45) is 0 Å². The van der Waals surface area contributed by atoms with Crippen molar-refractivity contribution in [3.63, 3.8) is 0 Å². The second kappa shape index (κ2) is 5.06. The van der Waals surface area contributed by atoms with Crippen LogP contribution in [0.5, 0.6) is 0 Å². The molecule has 7 heteroatoms. The average Bonchev–Trinajstić information content (AvgIpc) is 2.84. The molecule has 0 radical (unpaired) electrons. The minimum atomic E-state index is -0.660. The van der Waals surface area contributed by atoms with Crippen LogP contribution < -0.4 is 0 Å². The van der Waals surface area contributed by atoms with E-state index in [-0.39, 0.29) is 11.5 Å². The van der Waals surface area contributed by atoms with Crippen LogP contribution in [0, 0.1) is 6.92 Å². The number of hydrogen-bond acceptors (Lipinski definition) is 5. The summed E-state index contributed by atoms with van der Waals surface area (Å²) in [6.45, 7) is 5.48. The molecule has 2 saturated heterocycles. The molecule has 2 aliphatic rings. The minimum absolute atomic E-state index is 0.0846. The summed E-state index contributed by atoms with van der Waals surface area (Å²) < 4.78 is 5.95. The molecular weight excluding hydrogens is 272 g/mol. The van der Waals surface area contributed by atoms with Crippen molar-refractivity contribution in [3.8, 4) is 0 Å². The molecule has 2 N–H and O–H groups in total. The van der Waals surface area contributed by atoms with Crippen molar-refractivity contribution in [2.45, 2.75) is 50.7 Å². The Hall–Kier alpha value is -1.47. The number of aryl methyl sites for hydroxylation is 1. The number of likely N-dealkylation sites (tertiary alicyclic amines) is 1. The predicted octanol–water partition coefficient (Wildman–Crippen LogP) is 0.649. The number of aliphatic hydroxyl groups is 1. The van der Waals surface area contributed by atoms with Gasteiger partial charge in [-0.3, -0.25) is 4.79 Å². The molecule has 0 saturated carbocycles. The van der Waals surface area contributed by atoms with Crippen LogP contribution in [0.2, 0.25) is 0 Å². The van der Waals surface area contributed by atoms with Crippen LogP contribution in [0.15, 0.2) is 0 Å². The van der Waals surface area contributed by atoms with Gasteiger partial charge in [0.15, 0.2) is 5.69 Å². The average molecular weight is 294 g/mol. The highest BCUT2D eigenvalue weighted by atomic mass is 16.5. The second-order valence-electron chi connectivity index (χ2n) is 6.51. The van der Waals surface area contributed by atoms with Gasteiger partial charge < -0.3 is 14.7 Å². The van der Waals surface area contributed by atoms with Gasteiger partial charge in [0.2, 0.25) is 0 Å². The van der Waals surface area contributed by atoms with E-state index in [1.54, 1.807) is 11.8 Å². The van der Waals surface area contributed by atoms with E-state index in [0.717, 1.165) is 12.8 Å². The van der Waals surface area contributed by atoms with E-state index >= 15 is 0 Å². The Bertz CT molecular complexity index is 532. The number of piperidine rings is 1. The van der Waals surface area contributed by atoms with Crippen LogP contribution in [-0.2, 0) is 4.74 Å². The number of carbonyl (C=O) groups is 1. The maximum atomic E-state index is 12.4. The Morgan fingerprint density at radius 1 is 1.33 bits per heavy atom. The van der Waals surface area contributed by atoms with E-state index in [2.05, 4.69) is 15.4 Å².